The number of benzene rings is 1. The summed E-state index contributed by atoms with van der Waals surface area (Å²) in [5.41, 5.74) is 1.64. The second-order valence-corrected chi connectivity index (χ2v) is 7.47. The Morgan fingerprint density at radius 2 is 1.96 bits per heavy atom. The molecule has 1 saturated heterocycles. The van der Waals surface area contributed by atoms with E-state index in [1.807, 2.05) is 17.0 Å². The molecule has 5 nitrogen and oxygen atoms in total. The lowest BCUT2D eigenvalue weighted by Crippen LogP contribution is -2.48. The lowest BCUT2D eigenvalue weighted by molar-refractivity contribution is 0.0617. The van der Waals surface area contributed by atoms with E-state index in [0.717, 1.165) is 29.7 Å². The Morgan fingerprint density at radius 1 is 1.25 bits per heavy atom. The molecule has 8 heteroatoms. The molecule has 3 rings (SSSR count). The number of carbonyl (C=O) groups excluding carboxylic acids is 1. The van der Waals surface area contributed by atoms with Crippen molar-refractivity contribution in [2.75, 3.05) is 26.2 Å². The third-order valence-electron chi connectivity index (χ3n) is 4.17. The molecule has 24 heavy (non-hydrogen) atoms. The van der Waals surface area contributed by atoms with Gasteiger partial charge in [0, 0.05) is 49.8 Å². The van der Waals surface area contributed by atoms with Crippen LogP contribution in [0.1, 0.15) is 16.1 Å². The van der Waals surface area contributed by atoms with Gasteiger partial charge in [0.2, 0.25) is 0 Å². The summed E-state index contributed by atoms with van der Waals surface area (Å²) in [7, 11) is 1.77. The molecule has 128 valence electrons. The van der Waals surface area contributed by atoms with Crippen LogP contribution in [0.5, 0.6) is 0 Å². The standard InChI is InChI=1S/C16H17BrCl2N4O/c1-21-15(13(17)9-20-21)16(24)23-6-4-22(5-7-23)10-11-2-3-12(18)8-14(11)19/h2-3,8-9H,4-7,10H2,1H3. The SMILES string of the molecule is Cn1ncc(Br)c1C(=O)N1CCN(Cc2ccc(Cl)cc2Cl)CC1. The Balaban J connectivity index is 1.60. The smallest absolute Gasteiger partial charge is 0.273 e. The maximum atomic E-state index is 12.6. The number of piperazine rings is 1. The third kappa shape index (κ3) is 3.77. The van der Waals surface area contributed by atoms with E-state index in [1.165, 1.54) is 0 Å². The Morgan fingerprint density at radius 3 is 2.54 bits per heavy atom. The lowest BCUT2D eigenvalue weighted by Gasteiger charge is -2.34. The zero-order valence-electron chi connectivity index (χ0n) is 13.2. The van der Waals surface area contributed by atoms with Crippen LogP contribution in [-0.2, 0) is 13.6 Å². The number of aryl methyl sites for hydroxylation is 1. The van der Waals surface area contributed by atoms with Crippen molar-refractivity contribution < 1.29 is 4.79 Å². The van der Waals surface area contributed by atoms with Gasteiger partial charge in [-0.2, -0.15) is 5.10 Å². The minimum Gasteiger partial charge on any atom is -0.335 e. The van der Waals surface area contributed by atoms with E-state index in [1.54, 1.807) is 24.0 Å². The number of halogens is 3. The third-order valence-corrected chi connectivity index (χ3v) is 5.33. The summed E-state index contributed by atoms with van der Waals surface area (Å²) in [6.07, 6.45) is 1.64. The molecule has 2 aromatic rings. The summed E-state index contributed by atoms with van der Waals surface area (Å²) in [4.78, 5) is 16.8. The summed E-state index contributed by atoms with van der Waals surface area (Å²) >= 11 is 15.6. The van der Waals surface area contributed by atoms with Gasteiger partial charge in [-0.25, -0.2) is 0 Å². The Bertz CT molecular complexity index is 737. The maximum Gasteiger partial charge on any atom is 0.273 e. The minimum absolute atomic E-state index is 0.00560. The molecule has 0 radical (unpaired) electrons. The molecule has 1 aliphatic heterocycles. The average molecular weight is 432 g/mol. The molecule has 1 aliphatic rings. The first kappa shape index (κ1) is 17.7. The highest BCUT2D eigenvalue weighted by molar-refractivity contribution is 9.10. The van der Waals surface area contributed by atoms with Crippen LogP contribution in [0, 0.1) is 0 Å². The molecule has 0 unspecified atom stereocenters. The quantitative estimate of drug-likeness (QED) is 0.747. The molecule has 0 bridgehead atoms. The fourth-order valence-electron chi connectivity index (χ4n) is 2.80. The molecule has 0 N–H and O–H groups in total. The van der Waals surface area contributed by atoms with Crippen molar-refractivity contribution in [3.05, 3.63) is 50.2 Å². The van der Waals surface area contributed by atoms with Crippen LogP contribution in [0.4, 0.5) is 0 Å². The van der Waals surface area contributed by atoms with E-state index in [4.69, 9.17) is 23.2 Å². The molecular weight excluding hydrogens is 415 g/mol. The molecule has 0 atom stereocenters. The van der Waals surface area contributed by atoms with Crippen molar-refractivity contribution >= 4 is 45.0 Å². The molecule has 2 heterocycles. The highest BCUT2D eigenvalue weighted by atomic mass is 79.9. The van der Waals surface area contributed by atoms with Crippen LogP contribution in [0.2, 0.25) is 10.0 Å². The Hall–Kier alpha value is -1.08. The van der Waals surface area contributed by atoms with Crippen molar-refractivity contribution in [2.45, 2.75) is 6.54 Å². The van der Waals surface area contributed by atoms with E-state index in [-0.39, 0.29) is 5.91 Å². The number of amides is 1. The summed E-state index contributed by atoms with van der Waals surface area (Å²) < 4.78 is 2.33. The zero-order valence-corrected chi connectivity index (χ0v) is 16.3. The van der Waals surface area contributed by atoms with Gasteiger partial charge in [0.05, 0.1) is 10.7 Å². The van der Waals surface area contributed by atoms with Gasteiger partial charge < -0.3 is 4.90 Å². The lowest BCUT2D eigenvalue weighted by atomic mass is 10.2. The molecule has 1 fully saturated rings. The molecule has 1 aromatic heterocycles. The zero-order chi connectivity index (χ0) is 17.3. The largest absolute Gasteiger partial charge is 0.335 e. The minimum atomic E-state index is 0.00560. The predicted molar refractivity (Wildman–Crippen MR) is 98.6 cm³/mol. The second kappa shape index (κ2) is 7.44. The van der Waals surface area contributed by atoms with Gasteiger partial charge in [-0.05, 0) is 33.6 Å². The van der Waals surface area contributed by atoms with Crippen LogP contribution in [0.3, 0.4) is 0 Å². The molecule has 0 spiro atoms. The number of carbonyl (C=O) groups is 1. The molecule has 1 amide bonds. The first-order valence-electron chi connectivity index (χ1n) is 7.59. The number of hydrogen-bond acceptors (Lipinski definition) is 3. The highest BCUT2D eigenvalue weighted by Gasteiger charge is 2.26. The first-order chi connectivity index (χ1) is 11.5. The monoisotopic (exact) mass is 430 g/mol. The number of nitrogens with zero attached hydrogens (tertiary/aromatic N) is 4. The van der Waals surface area contributed by atoms with Gasteiger partial charge in [0.1, 0.15) is 5.69 Å². The molecule has 0 aliphatic carbocycles. The van der Waals surface area contributed by atoms with Crippen LogP contribution in [0.25, 0.3) is 0 Å². The van der Waals surface area contributed by atoms with E-state index in [0.29, 0.717) is 28.8 Å². The summed E-state index contributed by atoms with van der Waals surface area (Å²) in [5, 5.41) is 5.43. The molecule has 1 aromatic carbocycles. The normalized spacial score (nSPS) is 15.8. The Labute approximate surface area is 159 Å². The van der Waals surface area contributed by atoms with Gasteiger partial charge in [0.15, 0.2) is 0 Å². The van der Waals surface area contributed by atoms with E-state index < -0.39 is 0 Å². The molecule has 0 saturated carbocycles. The van der Waals surface area contributed by atoms with Crippen LogP contribution in [-0.4, -0.2) is 51.7 Å². The second-order valence-electron chi connectivity index (χ2n) is 5.77. The van der Waals surface area contributed by atoms with Crippen molar-refractivity contribution in [1.29, 1.82) is 0 Å². The van der Waals surface area contributed by atoms with Crippen molar-refractivity contribution in [2.24, 2.45) is 7.05 Å². The highest BCUT2D eigenvalue weighted by Crippen LogP contribution is 2.23. The number of rotatable bonds is 3. The number of aromatic nitrogens is 2. The predicted octanol–water partition coefficient (Wildman–Crippen LogP) is 3.45. The van der Waals surface area contributed by atoms with Gasteiger partial charge in [-0.3, -0.25) is 14.4 Å². The van der Waals surface area contributed by atoms with Gasteiger partial charge in [0.25, 0.3) is 5.91 Å². The van der Waals surface area contributed by atoms with Crippen LogP contribution in [0.15, 0.2) is 28.9 Å². The van der Waals surface area contributed by atoms with E-state index in [2.05, 4.69) is 25.9 Å². The Kier molecular flexibility index (Phi) is 5.49. The van der Waals surface area contributed by atoms with Crippen LogP contribution >= 0.6 is 39.1 Å². The van der Waals surface area contributed by atoms with Crippen molar-refractivity contribution in [1.82, 2.24) is 19.6 Å². The first-order valence-corrected chi connectivity index (χ1v) is 9.13. The maximum absolute atomic E-state index is 12.6. The topological polar surface area (TPSA) is 41.4 Å². The summed E-state index contributed by atoms with van der Waals surface area (Å²) in [6, 6.07) is 5.57. The fraction of sp³-hybridized carbons (Fsp3) is 0.375. The fourth-order valence-corrected chi connectivity index (χ4v) is 3.79. The van der Waals surface area contributed by atoms with Crippen molar-refractivity contribution in [3.8, 4) is 0 Å². The van der Waals surface area contributed by atoms with Crippen molar-refractivity contribution in [3.63, 3.8) is 0 Å². The average Bonchev–Trinajstić information content (AvgIpc) is 2.89. The number of hydrogen-bond donors (Lipinski definition) is 0. The summed E-state index contributed by atoms with van der Waals surface area (Å²) in [5.74, 6) is 0.00560. The summed E-state index contributed by atoms with van der Waals surface area (Å²) in [6.45, 7) is 3.73. The van der Waals surface area contributed by atoms with Crippen LogP contribution < -0.4 is 0 Å². The van der Waals surface area contributed by atoms with E-state index >= 15 is 0 Å². The van der Waals surface area contributed by atoms with E-state index in [9.17, 15) is 4.79 Å². The van der Waals surface area contributed by atoms with Gasteiger partial charge in [-0.15, -0.1) is 0 Å². The van der Waals surface area contributed by atoms with Gasteiger partial charge >= 0.3 is 0 Å². The molecular formula is C16H17BrCl2N4O. The van der Waals surface area contributed by atoms with Gasteiger partial charge in [-0.1, -0.05) is 29.3 Å².